The Kier molecular flexibility index (Phi) is 4.44. The molecule has 116 valence electrons. The Bertz CT molecular complexity index is 676. The molecule has 22 heavy (non-hydrogen) atoms. The first-order valence-corrected chi connectivity index (χ1v) is 8.33. The third-order valence-corrected chi connectivity index (χ3v) is 4.63. The van der Waals surface area contributed by atoms with Crippen LogP contribution < -0.4 is 0 Å². The van der Waals surface area contributed by atoms with Gasteiger partial charge in [0.15, 0.2) is 0 Å². The molecular weight excluding hydrogens is 272 g/mol. The van der Waals surface area contributed by atoms with E-state index >= 15 is 0 Å². The Labute approximate surface area is 132 Å². The van der Waals surface area contributed by atoms with Gasteiger partial charge in [-0.1, -0.05) is 19.1 Å². The summed E-state index contributed by atoms with van der Waals surface area (Å²) in [5.74, 6) is 1.13. The quantitative estimate of drug-likeness (QED) is 0.844. The first-order chi connectivity index (χ1) is 10.7. The summed E-state index contributed by atoms with van der Waals surface area (Å²) >= 11 is 0. The lowest BCUT2D eigenvalue weighted by molar-refractivity contribution is 0.224. The summed E-state index contributed by atoms with van der Waals surface area (Å²) in [5, 5.41) is 9.21. The molecule has 1 aliphatic rings. The van der Waals surface area contributed by atoms with E-state index in [1.54, 1.807) is 0 Å². The number of likely N-dealkylation sites (tertiary alicyclic amines) is 1. The van der Waals surface area contributed by atoms with Crippen molar-refractivity contribution < 1.29 is 0 Å². The first-order valence-electron chi connectivity index (χ1n) is 8.33. The van der Waals surface area contributed by atoms with Crippen molar-refractivity contribution in [3.63, 3.8) is 0 Å². The molecule has 0 bridgehead atoms. The standard InChI is InChI=1S/C18H24N4/c1-3-16(21-10-6-7-11-21)18-20-15-8-4-5-9-17(15)22(18)13-14(2)12-19/h4-5,8-9,14,16H,3,6-7,10-11,13H2,1-2H3. The molecule has 0 saturated carbocycles. The van der Waals surface area contributed by atoms with Crippen molar-refractivity contribution >= 4 is 11.0 Å². The minimum atomic E-state index is -0.00700. The van der Waals surface area contributed by atoms with Gasteiger partial charge in [-0.15, -0.1) is 0 Å². The average Bonchev–Trinajstić information content (AvgIpc) is 3.18. The highest BCUT2D eigenvalue weighted by Crippen LogP contribution is 2.30. The summed E-state index contributed by atoms with van der Waals surface area (Å²) < 4.78 is 2.27. The molecular formula is C18H24N4. The van der Waals surface area contributed by atoms with Gasteiger partial charge in [-0.05, 0) is 51.4 Å². The highest BCUT2D eigenvalue weighted by atomic mass is 15.2. The maximum Gasteiger partial charge on any atom is 0.127 e. The van der Waals surface area contributed by atoms with Gasteiger partial charge in [0.25, 0.3) is 0 Å². The molecule has 2 atom stereocenters. The smallest absolute Gasteiger partial charge is 0.127 e. The van der Waals surface area contributed by atoms with Gasteiger partial charge in [-0.2, -0.15) is 5.26 Å². The number of rotatable bonds is 5. The molecule has 0 spiro atoms. The lowest BCUT2D eigenvalue weighted by Gasteiger charge is -2.27. The summed E-state index contributed by atoms with van der Waals surface area (Å²) in [6, 6.07) is 11.0. The molecule has 2 unspecified atom stereocenters. The van der Waals surface area contributed by atoms with E-state index in [4.69, 9.17) is 4.98 Å². The molecule has 0 radical (unpaired) electrons. The normalized spacial score (nSPS) is 18.4. The summed E-state index contributed by atoms with van der Waals surface area (Å²) in [4.78, 5) is 7.48. The van der Waals surface area contributed by atoms with Gasteiger partial charge < -0.3 is 4.57 Å². The Morgan fingerprint density at radius 2 is 2.00 bits per heavy atom. The molecule has 4 nitrogen and oxygen atoms in total. The van der Waals surface area contributed by atoms with E-state index in [-0.39, 0.29) is 5.92 Å². The van der Waals surface area contributed by atoms with Crippen LogP contribution in [0.3, 0.4) is 0 Å². The van der Waals surface area contributed by atoms with E-state index in [0.29, 0.717) is 6.04 Å². The Morgan fingerprint density at radius 3 is 2.68 bits per heavy atom. The number of imidazole rings is 1. The molecule has 1 fully saturated rings. The zero-order valence-electron chi connectivity index (χ0n) is 13.5. The van der Waals surface area contributed by atoms with Crippen LogP contribution in [0.1, 0.15) is 45.0 Å². The van der Waals surface area contributed by atoms with Crippen LogP contribution in [0.4, 0.5) is 0 Å². The SMILES string of the molecule is CCC(c1nc2ccccc2n1CC(C)C#N)N1CCCC1. The van der Waals surface area contributed by atoms with Crippen molar-refractivity contribution in [1.29, 1.82) is 5.26 Å². The second-order valence-electron chi connectivity index (χ2n) is 6.27. The van der Waals surface area contributed by atoms with Crippen molar-refractivity contribution in [3.8, 4) is 6.07 Å². The fourth-order valence-corrected chi connectivity index (χ4v) is 3.51. The summed E-state index contributed by atoms with van der Waals surface area (Å²) in [5.41, 5.74) is 2.19. The van der Waals surface area contributed by atoms with Crippen LogP contribution in [0.25, 0.3) is 11.0 Å². The van der Waals surface area contributed by atoms with E-state index < -0.39 is 0 Å². The van der Waals surface area contributed by atoms with Crippen molar-refractivity contribution in [2.75, 3.05) is 13.1 Å². The fraction of sp³-hybridized carbons (Fsp3) is 0.556. The third kappa shape index (κ3) is 2.74. The van der Waals surface area contributed by atoms with E-state index in [2.05, 4.69) is 40.7 Å². The molecule has 4 heteroatoms. The van der Waals surface area contributed by atoms with Crippen LogP contribution in [-0.2, 0) is 6.54 Å². The van der Waals surface area contributed by atoms with Gasteiger partial charge >= 0.3 is 0 Å². The van der Waals surface area contributed by atoms with E-state index in [1.807, 2.05) is 13.0 Å². The molecule has 2 heterocycles. The molecule has 1 saturated heterocycles. The maximum atomic E-state index is 9.21. The number of benzene rings is 1. The molecule has 3 rings (SSSR count). The highest BCUT2D eigenvalue weighted by Gasteiger charge is 2.27. The number of nitriles is 1. The van der Waals surface area contributed by atoms with Crippen molar-refractivity contribution in [2.45, 2.75) is 45.7 Å². The minimum Gasteiger partial charge on any atom is -0.325 e. The van der Waals surface area contributed by atoms with Gasteiger partial charge in [0, 0.05) is 6.54 Å². The third-order valence-electron chi connectivity index (χ3n) is 4.63. The lowest BCUT2D eigenvalue weighted by atomic mass is 10.1. The van der Waals surface area contributed by atoms with Crippen LogP contribution in [0.15, 0.2) is 24.3 Å². The summed E-state index contributed by atoms with van der Waals surface area (Å²) in [6.45, 7) is 7.26. The highest BCUT2D eigenvalue weighted by molar-refractivity contribution is 5.76. The van der Waals surface area contributed by atoms with Crippen LogP contribution in [0, 0.1) is 17.2 Å². The first kappa shape index (κ1) is 15.1. The summed E-state index contributed by atoms with van der Waals surface area (Å²) in [7, 11) is 0. The number of nitrogens with zero attached hydrogens (tertiary/aromatic N) is 4. The predicted octanol–water partition coefficient (Wildman–Crippen LogP) is 3.74. The number of hydrogen-bond acceptors (Lipinski definition) is 3. The van der Waals surface area contributed by atoms with Crippen LogP contribution in [0.2, 0.25) is 0 Å². The van der Waals surface area contributed by atoms with Gasteiger partial charge in [-0.25, -0.2) is 4.98 Å². The largest absolute Gasteiger partial charge is 0.325 e. The van der Waals surface area contributed by atoms with Gasteiger partial charge in [0.2, 0.25) is 0 Å². The van der Waals surface area contributed by atoms with Gasteiger partial charge in [-0.3, -0.25) is 4.90 Å². The van der Waals surface area contributed by atoms with Crippen molar-refractivity contribution in [2.24, 2.45) is 5.92 Å². The maximum absolute atomic E-state index is 9.21. The Hall–Kier alpha value is -1.86. The topological polar surface area (TPSA) is 44.9 Å². The molecule has 1 aromatic carbocycles. The monoisotopic (exact) mass is 296 g/mol. The Morgan fingerprint density at radius 1 is 1.27 bits per heavy atom. The molecule has 1 aromatic heterocycles. The average molecular weight is 296 g/mol. The van der Waals surface area contributed by atoms with E-state index in [1.165, 1.54) is 12.8 Å². The van der Waals surface area contributed by atoms with Crippen LogP contribution >= 0.6 is 0 Å². The Balaban J connectivity index is 2.06. The van der Waals surface area contributed by atoms with Gasteiger partial charge in [0.1, 0.15) is 5.82 Å². The minimum absolute atomic E-state index is 0.00700. The van der Waals surface area contributed by atoms with Gasteiger partial charge in [0.05, 0.1) is 29.1 Å². The lowest BCUT2D eigenvalue weighted by Crippen LogP contribution is -2.28. The fourth-order valence-electron chi connectivity index (χ4n) is 3.51. The van der Waals surface area contributed by atoms with E-state index in [0.717, 1.165) is 42.9 Å². The number of hydrogen-bond donors (Lipinski definition) is 0. The molecule has 0 amide bonds. The van der Waals surface area contributed by atoms with Crippen molar-refractivity contribution in [3.05, 3.63) is 30.1 Å². The summed E-state index contributed by atoms with van der Waals surface area (Å²) in [6.07, 6.45) is 3.63. The molecule has 0 N–H and O–H groups in total. The second-order valence-corrected chi connectivity index (χ2v) is 6.27. The zero-order chi connectivity index (χ0) is 15.5. The number of fused-ring (bicyclic) bond motifs is 1. The van der Waals surface area contributed by atoms with Crippen LogP contribution in [-0.4, -0.2) is 27.5 Å². The second kappa shape index (κ2) is 6.50. The van der Waals surface area contributed by atoms with E-state index in [9.17, 15) is 5.26 Å². The number of aromatic nitrogens is 2. The predicted molar refractivity (Wildman–Crippen MR) is 88.3 cm³/mol. The molecule has 2 aromatic rings. The van der Waals surface area contributed by atoms with Crippen molar-refractivity contribution in [1.82, 2.24) is 14.5 Å². The number of para-hydroxylation sites is 2. The molecule has 0 aliphatic carbocycles. The molecule has 1 aliphatic heterocycles. The van der Waals surface area contributed by atoms with Crippen LogP contribution in [0.5, 0.6) is 0 Å². The zero-order valence-corrected chi connectivity index (χ0v) is 13.5.